The normalized spacial score (nSPS) is 30.2. The summed E-state index contributed by atoms with van der Waals surface area (Å²) in [5.74, 6) is 0.828. The fraction of sp³-hybridized carbons (Fsp3) is 0.368. The Morgan fingerprint density at radius 3 is 2.57 bits per heavy atom. The van der Waals surface area contributed by atoms with Gasteiger partial charge < -0.3 is 10.8 Å². The number of hydrogen-bond donors (Lipinski definition) is 2. The van der Waals surface area contributed by atoms with Gasteiger partial charge in [0.1, 0.15) is 5.75 Å². The van der Waals surface area contributed by atoms with Crippen molar-refractivity contribution in [3.63, 3.8) is 0 Å². The molecule has 2 unspecified atom stereocenters. The topological polar surface area (TPSA) is 46.2 Å². The molecule has 4 rings (SSSR count). The summed E-state index contributed by atoms with van der Waals surface area (Å²) >= 11 is 0. The smallest absolute Gasteiger partial charge is 0.115 e. The molecule has 0 radical (unpaired) electrons. The lowest BCUT2D eigenvalue weighted by Gasteiger charge is -2.44. The predicted molar refractivity (Wildman–Crippen MR) is 84.5 cm³/mol. The van der Waals surface area contributed by atoms with E-state index in [1.165, 1.54) is 22.3 Å². The van der Waals surface area contributed by atoms with Crippen LogP contribution in [0.5, 0.6) is 5.75 Å². The second kappa shape index (κ2) is 4.35. The van der Waals surface area contributed by atoms with Gasteiger partial charge >= 0.3 is 0 Å². The van der Waals surface area contributed by atoms with Crippen LogP contribution >= 0.6 is 0 Å². The van der Waals surface area contributed by atoms with Crippen molar-refractivity contribution in [2.24, 2.45) is 11.7 Å². The van der Waals surface area contributed by atoms with Gasteiger partial charge in [-0.25, -0.2) is 0 Å². The van der Waals surface area contributed by atoms with E-state index in [-0.39, 0.29) is 11.5 Å². The molecule has 2 heteroatoms. The van der Waals surface area contributed by atoms with Crippen molar-refractivity contribution in [1.82, 2.24) is 0 Å². The van der Waals surface area contributed by atoms with E-state index in [9.17, 15) is 5.11 Å². The summed E-state index contributed by atoms with van der Waals surface area (Å²) in [6, 6.07) is 14.7. The molecule has 21 heavy (non-hydrogen) atoms. The second-order valence-corrected chi connectivity index (χ2v) is 6.90. The highest BCUT2D eigenvalue weighted by Gasteiger charge is 2.45. The molecule has 0 saturated heterocycles. The predicted octanol–water partition coefficient (Wildman–Crippen LogP) is 2.95. The van der Waals surface area contributed by atoms with Crippen LogP contribution in [0.2, 0.25) is 0 Å². The van der Waals surface area contributed by atoms with Crippen LogP contribution in [0.3, 0.4) is 0 Å². The van der Waals surface area contributed by atoms with Crippen molar-refractivity contribution in [1.29, 1.82) is 0 Å². The second-order valence-electron chi connectivity index (χ2n) is 6.90. The zero-order valence-electron chi connectivity index (χ0n) is 12.3. The van der Waals surface area contributed by atoms with Crippen LogP contribution in [-0.4, -0.2) is 11.1 Å². The van der Waals surface area contributed by atoms with E-state index in [0.717, 1.165) is 19.3 Å². The lowest BCUT2D eigenvalue weighted by atomic mass is 9.62. The average Bonchev–Trinajstić information content (AvgIpc) is 2.54. The molecular weight excluding hydrogens is 258 g/mol. The van der Waals surface area contributed by atoms with Gasteiger partial charge in [0.05, 0.1) is 0 Å². The molecule has 0 spiro atoms. The summed E-state index contributed by atoms with van der Waals surface area (Å²) in [4.78, 5) is 0. The zero-order chi connectivity index (χ0) is 14.6. The van der Waals surface area contributed by atoms with Crippen LogP contribution in [0.1, 0.15) is 29.2 Å². The van der Waals surface area contributed by atoms with Gasteiger partial charge in [-0.1, -0.05) is 37.3 Å². The molecule has 2 aromatic rings. The van der Waals surface area contributed by atoms with Gasteiger partial charge in [0.15, 0.2) is 0 Å². The molecule has 3 atom stereocenters. The molecule has 0 fully saturated rings. The highest BCUT2D eigenvalue weighted by molar-refractivity contribution is 5.47. The summed E-state index contributed by atoms with van der Waals surface area (Å²) in [6.45, 7) is 2.27. The van der Waals surface area contributed by atoms with Crippen molar-refractivity contribution in [2.45, 2.75) is 37.6 Å². The number of phenolic OH excluding ortho intramolecular Hbond substituents is 1. The molecule has 2 nitrogen and oxygen atoms in total. The minimum atomic E-state index is -0.0937. The molecule has 2 aliphatic carbocycles. The first-order chi connectivity index (χ1) is 10.1. The summed E-state index contributed by atoms with van der Waals surface area (Å²) in [7, 11) is 0. The summed E-state index contributed by atoms with van der Waals surface area (Å²) in [6.07, 6.45) is 3.03. The maximum absolute atomic E-state index is 9.91. The Morgan fingerprint density at radius 1 is 1.05 bits per heavy atom. The van der Waals surface area contributed by atoms with Crippen LogP contribution in [0.25, 0.3) is 0 Å². The largest absolute Gasteiger partial charge is 0.508 e. The number of aromatic hydroxyl groups is 1. The number of benzene rings is 2. The molecule has 2 bridgehead atoms. The van der Waals surface area contributed by atoms with E-state index in [2.05, 4.69) is 37.3 Å². The van der Waals surface area contributed by atoms with Gasteiger partial charge in [-0.3, -0.25) is 0 Å². The van der Waals surface area contributed by atoms with Crippen molar-refractivity contribution < 1.29 is 5.11 Å². The van der Waals surface area contributed by atoms with Crippen LogP contribution in [0.4, 0.5) is 0 Å². The van der Waals surface area contributed by atoms with Crippen LogP contribution in [0, 0.1) is 5.92 Å². The Morgan fingerprint density at radius 2 is 1.76 bits per heavy atom. The Balaban J connectivity index is 1.93. The fourth-order valence-electron chi connectivity index (χ4n) is 4.40. The lowest BCUT2D eigenvalue weighted by Crippen LogP contribution is -2.52. The van der Waals surface area contributed by atoms with E-state index in [1.54, 1.807) is 6.07 Å². The molecule has 2 aliphatic rings. The van der Waals surface area contributed by atoms with Crippen molar-refractivity contribution >= 4 is 0 Å². The van der Waals surface area contributed by atoms with E-state index in [4.69, 9.17) is 5.73 Å². The molecule has 3 N–H and O–H groups in total. The number of nitrogens with two attached hydrogens (primary N) is 1. The van der Waals surface area contributed by atoms with Gasteiger partial charge in [-0.2, -0.15) is 0 Å². The van der Waals surface area contributed by atoms with Crippen molar-refractivity contribution in [3.05, 3.63) is 64.7 Å². The highest BCUT2D eigenvalue weighted by atomic mass is 16.3. The third-order valence-electron chi connectivity index (χ3n) is 5.59. The molecule has 2 aromatic carbocycles. The van der Waals surface area contributed by atoms with Crippen molar-refractivity contribution in [3.8, 4) is 5.75 Å². The van der Waals surface area contributed by atoms with Crippen molar-refractivity contribution in [2.75, 3.05) is 0 Å². The van der Waals surface area contributed by atoms with Gasteiger partial charge in [0.25, 0.3) is 0 Å². The van der Waals surface area contributed by atoms with Crippen LogP contribution < -0.4 is 5.73 Å². The SMILES string of the molecule is C[C@@]12Cc3ccccc3CC(Cc3ccc(O)cc31)C2N. The molecule has 108 valence electrons. The lowest BCUT2D eigenvalue weighted by molar-refractivity contribution is 0.258. The first-order valence-electron chi connectivity index (χ1n) is 7.73. The summed E-state index contributed by atoms with van der Waals surface area (Å²) in [5, 5.41) is 9.91. The number of phenols is 1. The summed E-state index contributed by atoms with van der Waals surface area (Å²) in [5.41, 5.74) is 12.0. The van der Waals surface area contributed by atoms with E-state index < -0.39 is 0 Å². The van der Waals surface area contributed by atoms with E-state index >= 15 is 0 Å². The van der Waals surface area contributed by atoms with Crippen LogP contribution in [0.15, 0.2) is 42.5 Å². The first kappa shape index (κ1) is 12.9. The minimum Gasteiger partial charge on any atom is -0.508 e. The van der Waals surface area contributed by atoms with Gasteiger partial charge in [0, 0.05) is 11.5 Å². The molecule has 0 aliphatic heterocycles. The monoisotopic (exact) mass is 279 g/mol. The molecule has 0 heterocycles. The Labute approximate surface area is 125 Å². The Kier molecular flexibility index (Phi) is 2.67. The number of rotatable bonds is 0. The Bertz CT molecular complexity index is 708. The van der Waals surface area contributed by atoms with E-state index in [1.807, 2.05) is 6.07 Å². The molecular formula is C19H21NO. The zero-order valence-corrected chi connectivity index (χ0v) is 12.3. The highest BCUT2D eigenvalue weighted by Crippen LogP contribution is 2.46. The average molecular weight is 279 g/mol. The van der Waals surface area contributed by atoms with Gasteiger partial charge in [-0.15, -0.1) is 0 Å². The third kappa shape index (κ3) is 1.82. The maximum Gasteiger partial charge on any atom is 0.115 e. The molecule has 0 amide bonds. The van der Waals surface area contributed by atoms with E-state index in [0.29, 0.717) is 11.7 Å². The minimum absolute atomic E-state index is 0.0937. The quantitative estimate of drug-likeness (QED) is 0.779. The summed E-state index contributed by atoms with van der Waals surface area (Å²) < 4.78 is 0. The third-order valence-corrected chi connectivity index (χ3v) is 5.59. The standard InChI is InChI=1S/C19H21NO/c1-19-11-14-5-3-2-4-12(14)8-15(18(19)20)9-13-6-7-16(21)10-17(13)19/h2-7,10,15,18,21H,8-9,11,20H2,1H3/t15?,18?,19-/m1/s1. The Hall–Kier alpha value is -1.80. The maximum atomic E-state index is 9.91. The first-order valence-corrected chi connectivity index (χ1v) is 7.73. The molecule has 0 aromatic heterocycles. The van der Waals surface area contributed by atoms with Gasteiger partial charge in [0.2, 0.25) is 0 Å². The van der Waals surface area contributed by atoms with Crippen LogP contribution in [-0.2, 0) is 24.7 Å². The number of fused-ring (bicyclic) bond motifs is 5. The number of hydrogen-bond acceptors (Lipinski definition) is 2. The fourth-order valence-corrected chi connectivity index (χ4v) is 4.40. The molecule has 0 saturated carbocycles. The van der Waals surface area contributed by atoms with Gasteiger partial charge in [-0.05, 0) is 59.6 Å².